The maximum absolute atomic E-state index is 11.2. The number of ether oxygens (including phenoxy) is 2. The smallest absolute Gasteiger partial charge is 0.271 e. The molecule has 0 saturated carbocycles. The summed E-state index contributed by atoms with van der Waals surface area (Å²) >= 11 is 0. The van der Waals surface area contributed by atoms with Gasteiger partial charge in [0.25, 0.3) is 5.91 Å². The highest BCUT2D eigenvalue weighted by atomic mass is 16.5. The van der Waals surface area contributed by atoms with E-state index in [1.54, 1.807) is 11.8 Å². The number of rotatable bonds is 9. The fraction of sp³-hybridized carbons (Fsp3) is 0.727. The molecule has 1 amide bonds. The average Bonchev–Trinajstić information content (AvgIpc) is 2.75. The maximum Gasteiger partial charge on any atom is 0.271 e. The van der Waals surface area contributed by atoms with Crippen molar-refractivity contribution in [2.75, 3.05) is 26.9 Å². The van der Waals surface area contributed by atoms with Gasteiger partial charge in [-0.2, -0.15) is 0 Å². The lowest BCUT2D eigenvalue weighted by Gasteiger charge is -2.07. The van der Waals surface area contributed by atoms with Crippen molar-refractivity contribution in [3.63, 3.8) is 0 Å². The molecule has 0 atom stereocenters. The van der Waals surface area contributed by atoms with Crippen LogP contribution >= 0.6 is 0 Å². The Kier molecular flexibility index (Phi) is 6.31. The van der Waals surface area contributed by atoms with Gasteiger partial charge in [-0.3, -0.25) is 4.79 Å². The van der Waals surface area contributed by atoms with Crippen molar-refractivity contribution in [2.24, 2.45) is 5.73 Å². The Morgan fingerprint density at radius 2 is 2.22 bits per heavy atom. The number of methoxy groups -OCH3 is 1. The topological polar surface area (TPSA) is 92.3 Å². The molecule has 0 radical (unpaired) electrons. The Morgan fingerprint density at radius 3 is 2.83 bits per heavy atom. The molecule has 102 valence electrons. The second kappa shape index (κ2) is 7.78. The van der Waals surface area contributed by atoms with E-state index in [0.29, 0.717) is 32.8 Å². The third-order valence-corrected chi connectivity index (χ3v) is 2.48. The van der Waals surface area contributed by atoms with Crippen LogP contribution in [0.15, 0.2) is 0 Å². The summed E-state index contributed by atoms with van der Waals surface area (Å²) in [7, 11) is 1.60. The molecule has 0 aliphatic rings. The van der Waals surface area contributed by atoms with Crippen LogP contribution in [0.3, 0.4) is 0 Å². The monoisotopic (exact) mass is 256 g/mol. The van der Waals surface area contributed by atoms with E-state index in [1.807, 2.05) is 6.92 Å². The fourth-order valence-electron chi connectivity index (χ4n) is 1.61. The first-order chi connectivity index (χ1) is 8.70. The van der Waals surface area contributed by atoms with Crippen LogP contribution in [-0.2, 0) is 22.4 Å². The Labute approximate surface area is 106 Å². The van der Waals surface area contributed by atoms with E-state index >= 15 is 0 Å². The summed E-state index contributed by atoms with van der Waals surface area (Å²) in [5.74, 6) is -0.558. The number of primary amides is 1. The predicted octanol–water partition coefficient (Wildman–Crippen LogP) is -0.00750. The quantitative estimate of drug-likeness (QED) is 0.627. The van der Waals surface area contributed by atoms with Crippen LogP contribution in [0.25, 0.3) is 0 Å². The van der Waals surface area contributed by atoms with Gasteiger partial charge in [0, 0.05) is 33.3 Å². The Bertz CT molecular complexity index is 378. The van der Waals surface area contributed by atoms with E-state index in [-0.39, 0.29) is 5.69 Å². The van der Waals surface area contributed by atoms with E-state index < -0.39 is 5.91 Å². The number of aryl methyl sites for hydroxylation is 1. The maximum atomic E-state index is 11.2. The molecule has 1 aromatic rings. The van der Waals surface area contributed by atoms with Crippen LogP contribution in [0.2, 0.25) is 0 Å². The van der Waals surface area contributed by atoms with Crippen LogP contribution in [0.5, 0.6) is 0 Å². The standard InChI is InChI=1S/C11H20N4O3/c1-3-18-7-4-6-15-9(5-8-17-2)10(11(12)16)13-14-15/h3-8H2,1-2H3,(H2,12,16). The largest absolute Gasteiger partial charge is 0.384 e. The van der Waals surface area contributed by atoms with E-state index in [1.165, 1.54) is 0 Å². The van der Waals surface area contributed by atoms with Crippen molar-refractivity contribution in [1.82, 2.24) is 15.0 Å². The molecular weight excluding hydrogens is 236 g/mol. The molecule has 7 nitrogen and oxygen atoms in total. The summed E-state index contributed by atoms with van der Waals surface area (Å²) < 4.78 is 11.9. The first-order valence-corrected chi connectivity index (χ1v) is 5.99. The SMILES string of the molecule is CCOCCCn1nnc(C(N)=O)c1CCOC. The molecule has 0 fully saturated rings. The van der Waals surface area contributed by atoms with Gasteiger partial charge in [0.1, 0.15) is 0 Å². The highest BCUT2D eigenvalue weighted by Gasteiger charge is 2.16. The number of aromatic nitrogens is 3. The molecule has 0 aromatic carbocycles. The number of carbonyl (C=O) groups excluding carboxylic acids is 1. The van der Waals surface area contributed by atoms with Crippen LogP contribution in [0.1, 0.15) is 29.5 Å². The predicted molar refractivity (Wildman–Crippen MR) is 65.2 cm³/mol. The molecule has 0 aliphatic carbocycles. The minimum absolute atomic E-state index is 0.225. The van der Waals surface area contributed by atoms with Crippen molar-refractivity contribution in [2.45, 2.75) is 26.3 Å². The van der Waals surface area contributed by atoms with Crippen molar-refractivity contribution in [3.05, 3.63) is 11.4 Å². The van der Waals surface area contributed by atoms with Crippen LogP contribution in [-0.4, -0.2) is 47.8 Å². The van der Waals surface area contributed by atoms with E-state index in [9.17, 15) is 4.79 Å². The molecule has 2 N–H and O–H groups in total. The third kappa shape index (κ3) is 4.08. The van der Waals surface area contributed by atoms with Gasteiger partial charge in [0.05, 0.1) is 12.3 Å². The first-order valence-electron chi connectivity index (χ1n) is 5.99. The molecule has 0 aliphatic heterocycles. The lowest BCUT2D eigenvalue weighted by Crippen LogP contribution is -2.17. The lowest BCUT2D eigenvalue weighted by atomic mass is 10.2. The summed E-state index contributed by atoms with van der Waals surface area (Å²) in [5, 5.41) is 7.75. The molecule has 0 unspecified atom stereocenters. The number of carbonyl (C=O) groups is 1. The zero-order valence-corrected chi connectivity index (χ0v) is 10.9. The van der Waals surface area contributed by atoms with Crippen molar-refractivity contribution in [1.29, 1.82) is 0 Å². The number of hydrogen-bond acceptors (Lipinski definition) is 5. The lowest BCUT2D eigenvalue weighted by molar-refractivity contribution is 0.0994. The molecule has 1 rings (SSSR count). The van der Waals surface area contributed by atoms with Crippen molar-refractivity contribution < 1.29 is 14.3 Å². The molecule has 0 saturated heterocycles. The second-order valence-electron chi connectivity index (χ2n) is 3.77. The van der Waals surface area contributed by atoms with E-state index in [2.05, 4.69) is 10.3 Å². The molecule has 0 bridgehead atoms. The minimum atomic E-state index is -0.558. The molecule has 18 heavy (non-hydrogen) atoms. The summed E-state index contributed by atoms with van der Waals surface area (Å²) in [4.78, 5) is 11.2. The molecular formula is C11H20N4O3. The number of amides is 1. The molecule has 0 spiro atoms. The van der Waals surface area contributed by atoms with E-state index in [0.717, 1.165) is 12.1 Å². The number of nitrogens with two attached hydrogens (primary N) is 1. The Hall–Kier alpha value is -1.47. The van der Waals surface area contributed by atoms with Crippen molar-refractivity contribution >= 4 is 5.91 Å². The van der Waals surface area contributed by atoms with Gasteiger partial charge in [-0.1, -0.05) is 5.21 Å². The average molecular weight is 256 g/mol. The van der Waals surface area contributed by atoms with E-state index in [4.69, 9.17) is 15.2 Å². The van der Waals surface area contributed by atoms with Crippen LogP contribution in [0.4, 0.5) is 0 Å². The fourth-order valence-corrected chi connectivity index (χ4v) is 1.61. The first kappa shape index (κ1) is 14.6. The second-order valence-corrected chi connectivity index (χ2v) is 3.77. The summed E-state index contributed by atoms with van der Waals surface area (Å²) in [6.45, 7) is 4.45. The van der Waals surface area contributed by atoms with Crippen molar-refractivity contribution in [3.8, 4) is 0 Å². The number of hydrogen-bond donors (Lipinski definition) is 1. The molecule has 1 aromatic heterocycles. The Balaban J connectivity index is 2.67. The Morgan fingerprint density at radius 1 is 1.44 bits per heavy atom. The molecule has 7 heteroatoms. The molecule has 1 heterocycles. The van der Waals surface area contributed by atoms with Gasteiger partial charge >= 0.3 is 0 Å². The van der Waals surface area contributed by atoms with Crippen LogP contribution < -0.4 is 5.73 Å². The highest BCUT2D eigenvalue weighted by Crippen LogP contribution is 2.07. The van der Waals surface area contributed by atoms with Crippen LogP contribution in [0, 0.1) is 0 Å². The van der Waals surface area contributed by atoms with Gasteiger partial charge in [-0.15, -0.1) is 5.10 Å². The van der Waals surface area contributed by atoms with Gasteiger partial charge in [0.15, 0.2) is 5.69 Å². The van der Waals surface area contributed by atoms with Gasteiger partial charge in [-0.05, 0) is 13.3 Å². The van der Waals surface area contributed by atoms with Gasteiger partial charge < -0.3 is 15.2 Å². The summed E-state index contributed by atoms with van der Waals surface area (Å²) in [6.07, 6.45) is 1.38. The normalized spacial score (nSPS) is 10.8. The van der Waals surface area contributed by atoms with Gasteiger partial charge in [0.2, 0.25) is 0 Å². The zero-order chi connectivity index (χ0) is 13.4. The number of nitrogens with zero attached hydrogens (tertiary/aromatic N) is 3. The summed E-state index contributed by atoms with van der Waals surface area (Å²) in [5.41, 5.74) is 6.20. The minimum Gasteiger partial charge on any atom is -0.384 e. The highest BCUT2D eigenvalue weighted by molar-refractivity contribution is 5.91. The third-order valence-electron chi connectivity index (χ3n) is 2.48. The zero-order valence-electron chi connectivity index (χ0n) is 10.9. The van der Waals surface area contributed by atoms with Gasteiger partial charge in [-0.25, -0.2) is 4.68 Å². The summed E-state index contributed by atoms with van der Waals surface area (Å²) in [6, 6.07) is 0.